The van der Waals surface area contributed by atoms with Crippen LogP contribution in [0.5, 0.6) is 0 Å². The lowest BCUT2D eigenvalue weighted by Gasteiger charge is -1.99. The van der Waals surface area contributed by atoms with Crippen LogP contribution in [0.25, 0.3) is 16.3 Å². The fourth-order valence-corrected chi connectivity index (χ4v) is 1.87. The summed E-state index contributed by atoms with van der Waals surface area (Å²) in [6.45, 7) is 0. The van der Waals surface area contributed by atoms with Crippen LogP contribution in [-0.2, 0) is 0 Å². The summed E-state index contributed by atoms with van der Waals surface area (Å²) in [5.74, 6) is 0. The lowest BCUT2D eigenvalue weighted by molar-refractivity contribution is -0.383. The molecule has 0 fully saturated rings. The first-order valence-corrected chi connectivity index (χ1v) is 4.77. The molecular weight excluding hydrogens is 206 g/mol. The number of rotatable bonds is 1. The molecule has 5 nitrogen and oxygen atoms in total. The van der Waals surface area contributed by atoms with Crippen molar-refractivity contribution in [3.63, 3.8) is 0 Å². The number of hydrogen-bond acceptors (Lipinski definition) is 3. The Morgan fingerprint density at radius 2 is 2.06 bits per heavy atom. The Morgan fingerprint density at radius 1 is 1.25 bits per heavy atom. The van der Waals surface area contributed by atoms with Crippen LogP contribution in [0.15, 0.2) is 42.7 Å². The minimum absolute atomic E-state index is 0.0387. The third kappa shape index (κ3) is 1.08. The molecule has 0 atom stereocenters. The van der Waals surface area contributed by atoms with Gasteiger partial charge in [-0.3, -0.25) is 10.1 Å². The van der Waals surface area contributed by atoms with E-state index in [1.54, 1.807) is 6.20 Å². The molecule has 0 saturated heterocycles. The van der Waals surface area contributed by atoms with Gasteiger partial charge in [-0.05, 0) is 11.5 Å². The van der Waals surface area contributed by atoms with Crippen LogP contribution < -0.4 is 0 Å². The van der Waals surface area contributed by atoms with Gasteiger partial charge in [0.05, 0.1) is 4.92 Å². The summed E-state index contributed by atoms with van der Waals surface area (Å²) in [5, 5.41) is 16.6. The molecular formula is C11H7N3O2. The number of hydrogen-bond donors (Lipinski definition) is 0. The molecule has 0 N–H and O–H groups in total. The molecule has 0 aliphatic rings. The van der Waals surface area contributed by atoms with E-state index < -0.39 is 4.92 Å². The second-order valence-corrected chi connectivity index (χ2v) is 3.48. The SMILES string of the molecule is O=[N+]([O-])c1cnn2ccc3ccccc3c12. The molecule has 0 saturated carbocycles. The highest BCUT2D eigenvalue weighted by atomic mass is 16.6. The molecule has 5 heteroatoms. The Bertz CT molecular complexity index is 703. The molecule has 0 spiro atoms. The van der Waals surface area contributed by atoms with Gasteiger partial charge in [0, 0.05) is 11.6 Å². The number of nitro groups is 1. The van der Waals surface area contributed by atoms with E-state index in [1.165, 1.54) is 10.7 Å². The van der Waals surface area contributed by atoms with E-state index in [4.69, 9.17) is 0 Å². The van der Waals surface area contributed by atoms with E-state index in [0.717, 1.165) is 10.8 Å². The zero-order valence-corrected chi connectivity index (χ0v) is 8.20. The van der Waals surface area contributed by atoms with Crippen molar-refractivity contribution in [1.29, 1.82) is 0 Å². The number of benzene rings is 1. The van der Waals surface area contributed by atoms with Crippen molar-refractivity contribution in [2.24, 2.45) is 0 Å². The monoisotopic (exact) mass is 213 g/mol. The maximum Gasteiger partial charge on any atom is 0.315 e. The fourth-order valence-electron chi connectivity index (χ4n) is 1.87. The minimum atomic E-state index is -0.408. The molecule has 2 heterocycles. The van der Waals surface area contributed by atoms with Crippen LogP contribution in [0, 0.1) is 10.1 Å². The quantitative estimate of drug-likeness (QED) is 0.460. The normalized spacial score (nSPS) is 11.0. The van der Waals surface area contributed by atoms with E-state index in [1.807, 2.05) is 30.3 Å². The first-order valence-electron chi connectivity index (χ1n) is 4.77. The summed E-state index contributed by atoms with van der Waals surface area (Å²) >= 11 is 0. The summed E-state index contributed by atoms with van der Waals surface area (Å²) in [6.07, 6.45) is 3.01. The van der Waals surface area contributed by atoms with Gasteiger partial charge in [-0.1, -0.05) is 24.3 Å². The number of nitrogens with zero attached hydrogens (tertiary/aromatic N) is 3. The average molecular weight is 213 g/mol. The Hall–Kier alpha value is -2.43. The Balaban J connectivity index is 2.56. The van der Waals surface area contributed by atoms with Crippen molar-refractivity contribution in [2.45, 2.75) is 0 Å². The third-order valence-corrected chi connectivity index (χ3v) is 2.58. The van der Waals surface area contributed by atoms with E-state index in [9.17, 15) is 10.1 Å². The van der Waals surface area contributed by atoms with Crippen LogP contribution in [0.1, 0.15) is 0 Å². The van der Waals surface area contributed by atoms with Gasteiger partial charge in [0.1, 0.15) is 6.20 Å². The number of fused-ring (bicyclic) bond motifs is 3. The highest BCUT2D eigenvalue weighted by molar-refractivity contribution is 5.99. The number of pyridine rings is 1. The Labute approximate surface area is 90.1 Å². The van der Waals surface area contributed by atoms with Gasteiger partial charge < -0.3 is 0 Å². The van der Waals surface area contributed by atoms with E-state index in [-0.39, 0.29) is 5.69 Å². The van der Waals surface area contributed by atoms with Crippen LogP contribution in [0.3, 0.4) is 0 Å². The zero-order chi connectivity index (χ0) is 11.1. The molecule has 0 unspecified atom stereocenters. The average Bonchev–Trinajstić information content (AvgIpc) is 2.73. The van der Waals surface area contributed by atoms with Gasteiger partial charge in [-0.25, -0.2) is 4.52 Å². The van der Waals surface area contributed by atoms with Crippen LogP contribution >= 0.6 is 0 Å². The second kappa shape index (κ2) is 3.03. The largest absolute Gasteiger partial charge is 0.315 e. The molecule has 78 valence electrons. The molecule has 0 bridgehead atoms. The summed E-state index contributed by atoms with van der Waals surface area (Å²) in [6, 6.07) is 9.44. The molecule has 3 aromatic rings. The molecule has 0 aliphatic heterocycles. The maximum absolute atomic E-state index is 10.9. The van der Waals surface area contributed by atoms with E-state index in [0.29, 0.717) is 5.52 Å². The van der Waals surface area contributed by atoms with Crippen molar-refractivity contribution in [3.8, 4) is 0 Å². The van der Waals surface area contributed by atoms with Crippen molar-refractivity contribution < 1.29 is 4.92 Å². The smallest absolute Gasteiger partial charge is 0.258 e. The molecule has 0 radical (unpaired) electrons. The molecule has 16 heavy (non-hydrogen) atoms. The fraction of sp³-hybridized carbons (Fsp3) is 0. The topological polar surface area (TPSA) is 60.4 Å². The second-order valence-electron chi connectivity index (χ2n) is 3.48. The molecule has 0 aliphatic carbocycles. The Kier molecular flexibility index (Phi) is 1.67. The van der Waals surface area contributed by atoms with Crippen molar-refractivity contribution in [1.82, 2.24) is 9.61 Å². The summed E-state index contributed by atoms with van der Waals surface area (Å²) in [4.78, 5) is 10.5. The molecule has 0 amide bonds. The van der Waals surface area contributed by atoms with E-state index in [2.05, 4.69) is 5.10 Å². The summed E-state index contributed by atoms with van der Waals surface area (Å²) in [5.41, 5.74) is 0.583. The number of aromatic nitrogens is 2. The highest BCUT2D eigenvalue weighted by Gasteiger charge is 2.16. The van der Waals surface area contributed by atoms with Crippen LogP contribution in [0.4, 0.5) is 5.69 Å². The molecule has 1 aromatic carbocycles. The van der Waals surface area contributed by atoms with Gasteiger partial charge in [0.25, 0.3) is 0 Å². The van der Waals surface area contributed by atoms with Crippen LogP contribution in [0.2, 0.25) is 0 Å². The van der Waals surface area contributed by atoms with Crippen molar-refractivity contribution in [2.75, 3.05) is 0 Å². The third-order valence-electron chi connectivity index (χ3n) is 2.58. The van der Waals surface area contributed by atoms with Crippen molar-refractivity contribution in [3.05, 3.63) is 52.8 Å². The first kappa shape index (κ1) is 8.84. The molecule has 2 aromatic heterocycles. The zero-order valence-electron chi connectivity index (χ0n) is 8.20. The van der Waals surface area contributed by atoms with Crippen LogP contribution in [-0.4, -0.2) is 14.5 Å². The lowest BCUT2D eigenvalue weighted by Crippen LogP contribution is -1.90. The van der Waals surface area contributed by atoms with Gasteiger partial charge in [0.15, 0.2) is 5.52 Å². The lowest BCUT2D eigenvalue weighted by atomic mass is 10.1. The standard InChI is InChI=1S/C11H7N3O2/c15-14(16)10-7-12-13-6-5-8-3-1-2-4-9(8)11(10)13/h1-7H. The first-order chi connectivity index (χ1) is 7.77. The molecule has 3 rings (SSSR count). The van der Waals surface area contributed by atoms with Gasteiger partial charge in [-0.15, -0.1) is 0 Å². The van der Waals surface area contributed by atoms with Gasteiger partial charge in [-0.2, -0.15) is 5.10 Å². The predicted molar refractivity (Wildman–Crippen MR) is 59.4 cm³/mol. The predicted octanol–water partition coefficient (Wildman–Crippen LogP) is 2.40. The minimum Gasteiger partial charge on any atom is -0.258 e. The van der Waals surface area contributed by atoms with E-state index >= 15 is 0 Å². The summed E-state index contributed by atoms with van der Waals surface area (Å²) in [7, 11) is 0. The Morgan fingerprint density at radius 3 is 2.88 bits per heavy atom. The van der Waals surface area contributed by atoms with Crippen molar-refractivity contribution >= 4 is 22.0 Å². The van der Waals surface area contributed by atoms with Gasteiger partial charge in [0.2, 0.25) is 0 Å². The van der Waals surface area contributed by atoms with Gasteiger partial charge >= 0.3 is 5.69 Å². The highest BCUT2D eigenvalue weighted by Crippen LogP contribution is 2.27. The summed E-state index contributed by atoms with van der Waals surface area (Å²) < 4.78 is 1.53. The maximum atomic E-state index is 10.9.